The Morgan fingerprint density at radius 1 is 1.37 bits per heavy atom. The molecule has 0 radical (unpaired) electrons. The van der Waals surface area contributed by atoms with Gasteiger partial charge in [0.2, 0.25) is 0 Å². The highest BCUT2D eigenvalue weighted by atomic mass is 35.5. The third-order valence-electron chi connectivity index (χ3n) is 3.41. The average molecular weight is 278 g/mol. The molecule has 1 aliphatic carbocycles. The first kappa shape index (κ1) is 12.5. The molecule has 0 spiro atoms. The molecule has 1 aromatic carbocycles. The number of nitrogens with zero attached hydrogens (tertiary/aromatic N) is 2. The molecule has 0 fully saturated rings. The summed E-state index contributed by atoms with van der Waals surface area (Å²) in [4.78, 5) is 8.84. The largest absolute Gasteiger partial charge is 0.324 e. The molecule has 2 N–H and O–H groups in total. The van der Waals surface area contributed by atoms with Crippen LogP contribution in [0.1, 0.15) is 30.1 Å². The predicted octanol–water partition coefficient (Wildman–Crippen LogP) is 3.27. The van der Waals surface area contributed by atoms with Gasteiger partial charge in [-0.3, -0.25) is 0 Å². The van der Waals surface area contributed by atoms with Crippen LogP contribution in [0.15, 0.2) is 24.4 Å². The van der Waals surface area contributed by atoms with E-state index in [4.69, 9.17) is 17.3 Å². The van der Waals surface area contributed by atoms with Crippen molar-refractivity contribution in [2.24, 2.45) is 5.73 Å². The molecule has 98 valence electrons. The maximum Gasteiger partial charge on any atom is 0.159 e. The monoisotopic (exact) mass is 277 g/mol. The van der Waals surface area contributed by atoms with Gasteiger partial charge in [-0.1, -0.05) is 11.6 Å². The second kappa shape index (κ2) is 4.87. The van der Waals surface area contributed by atoms with Crippen molar-refractivity contribution in [1.82, 2.24) is 9.97 Å². The van der Waals surface area contributed by atoms with Gasteiger partial charge in [0.25, 0.3) is 0 Å². The van der Waals surface area contributed by atoms with Gasteiger partial charge in [0.15, 0.2) is 5.82 Å². The fourth-order valence-electron chi connectivity index (χ4n) is 2.36. The van der Waals surface area contributed by atoms with Crippen molar-refractivity contribution in [3.05, 3.63) is 46.5 Å². The van der Waals surface area contributed by atoms with Gasteiger partial charge >= 0.3 is 0 Å². The zero-order valence-corrected chi connectivity index (χ0v) is 11.0. The molecule has 0 amide bonds. The molecule has 0 bridgehead atoms. The van der Waals surface area contributed by atoms with Crippen molar-refractivity contribution in [3.8, 4) is 11.4 Å². The van der Waals surface area contributed by atoms with Crippen LogP contribution >= 0.6 is 11.6 Å². The topological polar surface area (TPSA) is 51.8 Å². The summed E-state index contributed by atoms with van der Waals surface area (Å²) >= 11 is 5.78. The summed E-state index contributed by atoms with van der Waals surface area (Å²) in [5.74, 6) is 0.125. The van der Waals surface area contributed by atoms with Gasteiger partial charge in [-0.25, -0.2) is 14.4 Å². The molecular formula is C14H13ClFN3. The van der Waals surface area contributed by atoms with Crippen molar-refractivity contribution in [2.45, 2.75) is 25.3 Å². The SMILES string of the molecule is NC1CCCc2nc(-c3ccc(F)c(Cl)c3)ncc21. The highest BCUT2D eigenvalue weighted by Crippen LogP contribution is 2.28. The molecule has 1 heterocycles. The van der Waals surface area contributed by atoms with Crippen LogP contribution in [0.4, 0.5) is 4.39 Å². The predicted molar refractivity (Wildman–Crippen MR) is 72.3 cm³/mol. The number of nitrogens with two attached hydrogens (primary N) is 1. The molecule has 19 heavy (non-hydrogen) atoms. The van der Waals surface area contributed by atoms with E-state index < -0.39 is 5.82 Å². The number of hydrogen-bond acceptors (Lipinski definition) is 3. The Bertz CT molecular complexity index is 630. The molecule has 3 rings (SSSR count). The molecule has 0 aliphatic heterocycles. The summed E-state index contributed by atoms with van der Waals surface area (Å²) in [6.45, 7) is 0. The normalized spacial score (nSPS) is 18.2. The van der Waals surface area contributed by atoms with Crippen LogP contribution in [0.2, 0.25) is 5.02 Å². The second-order valence-electron chi connectivity index (χ2n) is 4.72. The number of rotatable bonds is 1. The second-order valence-corrected chi connectivity index (χ2v) is 5.13. The van der Waals surface area contributed by atoms with Crippen LogP contribution in [-0.4, -0.2) is 9.97 Å². The van der Waals surface area contributed by atoms with Gasteiger partial charge in [-0.15, -0.1) is 0 Å². The molecule has 0 saturated carbocycles. The summed E-state index contributed by atoms with van der Waals surface area (Å²) in [7, 11) is 0. The summed E-state index contributed by atoms with van der Waals surface area (Å²) in [6.07, 6.45) is 4.69. The highest BCUT2D eigenvalue weighted by Gasteiger charge is 2.19. The summed E-state index contributed by atoms with van der Waals surface area (Å²) in [6, 6.07) is 4.52. The number of halogens is 2. The fraction of sp³-hybridized carbons (Fsp3) is 0.286. The Morgan fingerprint density at radius 3 is 3.00 bits per heavy atom. The van der Waals surface area contributed by atoms with Gasteiger partial charge in [0.05, 0.1) is 5.02 Å². The molecule has 5 heteroatoms. The number of aryl methyl sites for hydroxylation is 1. The van der Waals surface area contributed by atoms with Gasteiger partial charge in [0, 0.05) is 29.1 Å². The molecule has 3 nitrogen and oxygen atoms in total. The minimum Gasteiger partial charge on any atom is -0.324 e. The first-order chi connectivity index (χ1) is 9.15. The standard InChI is InChI=1S/C14H13ClFN3/c15-10-6-8(4-5-11(10)16)14-18-7-9-12(17)2-1-3-13(9)19-14/h4-7,12H,1-3,17H2. The Labute approximate surface area is 115 Å². The minimum atomic E-state index is -0.439. The zero-order valence-electron chi connectivity index (χ0n) is 10.2. The van der Waals surface area contributed by atoms with Gasteiger partial charge < -0.3 is 5.73 Å². The van der Waals surface area contributed by atoms with E-state index in [1.54, 1.807) is 18.3 Å². The van der Waals surface area contributed by atoms with Crippen LogP contribution in [-0.2, 0) is 6.42 Å². The van der Waals surface area contributed by atoms with Crippen LogP contribution in [0, 0.1) is 5.82 Å². The zero-order chi connectivity index (χ0) is 13.4. The van der Waals surface area contributed by atoms with E-state index in [0.717, 1.165) is 30.5 Å². The van der Waals surface area contributed by atoms with E-state index >= 15 is 0 Å². The van der Waals surface area contributed by atoms with Gasteiger partial charge in [-0.2, -0.15) is 0 Å². The Hall–Kier alpha value is -1.52. The van der Waals surface area contributed by atoms with Crippen LogP contribution in [0.25, 0.3) is 11.4 Å². The van der Waals surface area contributed by atoms with Crippen LogP contribution in [0.3, 0.4) is 0 Å². The van der Waals surface area contributed by atoms with E-state index in [1.165, 1.54) is 6.07 Å². The van der Waals surface area contributed by atoms with Gasteiger partial charge in [0.1, 0.15) is 5.82 Å². The van der Waals surface area contributed by atoms with Crippen molar-refractivity contribution >= 4 is 11.6 Å². The lowest BCUT2D eigenvalue weighted by atomic mass is 9.93. The van der Waals surface area contributed by atoms with Crippen LogP contribution < -0.4 is 5.73 Å². The number of hydrogen-bond donors (Lipinski definition) is 1. The molecule has 0 saturated heterocycles. The summed E-state index contributed by atoms with van der Waals surface area (Å²) < 4.78 is 13.1. The first-order valence-electron chi connectivity index (χ1n) is 6.22. The van der Waals surface area contributed by atoms with E-state index in [-0.39, 0.29) is 11.1 Å². The molecule has 1 atom stereocenters. The Balaban J connectivity index is 2.04. The lowest BCUT2D eigenvalue weighted by molar-refractivity contribution is 0.557. The molecular weight excluding hydrogens is 265 g/mol. The third kappa shape index (κ3) is 2.33. The summed E-state index contributed by atoms with van der Waals surface area (Å²) in [5, 5.41) is 0.0792. The number of benzene rings is 1. The Morgan fingerprint density at radius 2 is 2.21 bits per heavy atom. The number of fused-ring (bicyclic) bond motifs is 1. The van der Waals surface area contributed by atoms with Crippen LogP contribution in [0.5, 0.6) is 0 Å². The maximum absolute atomic E-state index is 13.1. The molecule has 2 aromatic rings. The first-order valence-corrected chi connectivity index (χ1v) is 6.60. The summed E-state index contributed by atoms with van der Waals surface area (Å²) in [5.41, 5.74) is 8.75. The van der Waals surface area contributed by atoms with E-state index in [2.05, 4.69) is 9.97 Å². The third-order valence-corrected chi connectivity index (χ3v) is 3.70. The van der Waals surface area contributed by atoms with Crippen molar-refractivity contribution in [3.63, 3.8) is 0 Å². The maximum atomic E-state index is 13.1. The van der Waals surface area contributed by atoms with E-state index in [9.17, 15) is 4.39 Å². The highest BCUT2D eigenvalue weighted by molar-refractivity contribution is 6.31. The molecule has 1 aliphatic rings. The minimum absolute atomic E-state index is 0.0228. The number of aromatic nitrogens is 2. The molecule has 1 aromatic heterocycles. The Kier molecular flexibility index (Phi) is 3.21. The lowest BCUT2D eigenvalue weighted by Gasteiger charge is -2.21. The van der Waals surface area contributed by atoms with Gasteiger partial charge in [-0.05, 0) is 37.5 Å². The smallest absolute Gasteiger partial charge is 0.159 e. The van der Waals surface area contributed by atoms with Crippen molar-refractivity contribution in [2.75, 3.05) is 0 Å². The van der Waals surface area contributed by atoms with Crippen molar-refractivity contribution in [1.29, 1.82) is 0 Å². The fourth-order valence-corrected chi connectivity index (χ4v) is 2.54. The van der Waals surface area contributed by atoms with Crippen molar-refractivity contribution < 1.29 is 4.39 Å². The quantitative estimate of drug-likeness (QED) is 0.870. The van der Waals surface area contributed by atoms with E-state index in [0.29, 0.717) is 11.4 Å². The van der Waals surface area contributed by atoms with E-state index in [1.807, 2.05) is 0 Å². The molecule has 1 unspecified atom stereocenters. The average Bonchev–Trinajstić information content (AvgIpc) is 2.42. The lowest BCUT2D eigenvalue weighted by Crippen LogP contribution is -2.19.